The zero-order valence-electron chi connectivity index (χ0n) is 30.0. The first-order valence-corrected chi connectivity index (χ1v) is 17.9. The van der Waals surface area contributed by atoms with Gasteiger partial charge in [0.1, 0.15) is 23.9 Å². The van der Waals surface area contributed by atoms with Crippen molar-refractivity contribution in [2.24, 2.45) is 5.92 Å². The number of carbonyl (C=O) groups excluding carboxylic acids is 4. The van der Waals surface area contributed by atoms with Gasteiger partial charge in [0.2, 0.25) is 29.4 Å². The Morgan fingerprint density at radius 3 is 2.63 bits per heavy atom. The fraction of sp³-hybridized carbons (Fsp3) is 0.541. The summed E-state index contributed by atoms with van der Waals surface area (Å²) < 4.78 is 17.1. The molecule has 280 valence electrons. The molecule has 0 radical (unpaired) electrons. The van der Waals surface area contributed by atoms with Crippen LogP contribution in [-0.2, 0) is 38.6 Å². The number of ether oxygens (including phenoxy) is 2. The van der Waals surface area contributed by atoms with Crippen molar-refractivity contribution in [3.63, 3.8) is 0 Å². The first-order chi connectivity index (χ1) is 25.1. The minimum absolute atomic E-state index is 0.00518. The number of aryl methyl sites for hydroxylation is 1. The number of rotatable bonds is 4. The minimum atomic E-state index is -1.05. The van der Waals surface area contributed by atoms with Crippen LogP contribution in [-0.4, -0.2) is 111 Å². The van der Waals surface area contributed by atoms with E-state index in [0.717, 1.165) is 24.8 Å². The lowest BCUT2D eigenvalue weighted by atomic mass is 10.0. The fourth-order valence-electron chi connectivity index (χ4n) is 6.45. The standard InChI is InChI=1S/C37H49N7O8/c1-24(2)18-28-36(48)44-22-26(45)20-30(44)37(49)43(3)29(19-25-10-9-14-38-21-25)35(47)39-15-17-50-16-8-4-5-13-33-41-32(42-52-33)23-51-31-12-7-6-11-27(31)34(46)40-28/h6-7,9-12,14,21,24,26,28-30,45H,4-5,8,13,15-20,22-23H2,1-3H3,(H,39,47)(H,40,46)/t26-,28+,29-,30+/m0/s1. The molecule has 3 aromatic rings. The molecule has 0 saturated carbocycles. The molecule has 0 unspecified atom stereocenters. The molecule has 1 fully saturated rings. The average Bonchev–Trinajstić information content (AvgIpc) is 3.77. The Kier molecular flexibility index (Phi) is 13.7. The van der Waals surface area contributed by atoms with Crippen LogP contribution in [0.15, 0.2) is 53.3 Å². The first-order valence-electron chi connectivity index (χ1n) is 17.9. The van der Waals surface area contributed by atoms with Crippen LogP contribution in [0.2, 0.25) is 0 Å². The molecule has 4 heterocycles. The summed E-state index contributed by atoms with van der Waals surface area (Å²) in [5.74, 6) is -0.838. The van der Waals surface area contributed by atoms with Gasteiger partial charge in [-0.2, -0.15) is 4.98 Å². The maximum Gasteiger partial charge on any atom is 0.255 e. The van der Waals surface area contributed by atoms with Gasteiger partial charge in [0.15, 0.2) is 6.61 Å². The second kappa shape index (κ2) is 18.6. The minimum Gasteiger partial charge on any atom is -0.485 e. The van der Waals surface area contributed by atoms with Crippen molar-refractivity contribution < 1.29 is 38.3 Å². The average molecular weight is 720 g/mol. The van der Waals surface area contributed by atoms with Crippen molar-refractivity contribution in [2.75, 3.05) is 33.4 Å². The van der Waals surface area contributed by atoms with E-state index in [2.05, 4.69) is 25.8 Å². The van der Waals surface area contributed by atoms with E-state index in [1.165, 1.54) is 16.8 Å². The van der Waals surface area contributed by atoms with E-state index < -0.39 is 42.0 Å². The first kappa shape index (κ1) is 38.3. The number of carbonyl (C=O) groups is 4. The molecule has 4 atom stereocenters. The summed E-state index contributed by atoms with van der Waals surface area (Å²) in [6.45, 7) is 4.76. The molecule has 2 bridgehead atoms. The summed E-state index contributed by atoms with van der Waals surface area (Å²) in [6, 6.07) is 7.24. The van der Waals surface area contributed by atoms with Crippen LogP contribution < -0.4 is 15.4 Å². The van der Waals surface area contributed by atoms with Crippen molar-refractivity contribution in [1.82, 2.24) is 35.6 Å². The van der Waals surface area contributed by atoms with Gasteiger partial charge in [-0.05, 0) is 48.9 Å². The summed E-state index contributed by atoms with van der Waals surface area (Å²) in [5.41, 5.74) is 0.952. The third-order valence-electron chi connectivity index (χ3n) is 9.15. The molecule has 1 aromatic carbocycles. The Morgan fingerprint density at radius 1 is 1.02 bits per heavy atom. The van der Waals surface area contributed by atoms with E-state index in [1.807, 2.05) is 19.9 Å². The molecule has 15 nitrogen and oxygen atoms in total. The molecular weight excluding hydrogens is 670 g/mol. The van der Waals surface area contributed by atoms with Gasteiger partial charge in [-0.1, -0.05) is 43.6 Å². The highest BCUT2D eigenvalue weighted by Gasteiger charge is 2.44. The van der Waals surface area contributed by atoms with E-state index in [-0.39, 0.29) is 62.1 Å². The quantitative estimate of drug-likeness (QED) is 0.358. The van der Waals surface area contributed by atoms with Crippen LogP contribution in [0.3, 0.4) is 0 Å². The van der Waals surface area contributed by atoms with Gasteiger partial charge < -0.3 is 39.5 Å². The lowest BCUT2D eigenvalue weighted by Crippen LogP contribution is -2.57. The number of nitrogens with zero attached hydrogens (tertiary/aromatic N) is 5. The maximum absolute atomic E-state index is 14.3. The van der Waals surface area contributed by atoms with Crippen LogP contribution in [0, 0.1) is 5.92 Å². The van der Waals surface area contributed by atoms with Crippen LogP contribution in [0.1, 0.15) is 73.6 Å². The van der Waals surface area contributed by atoms with Crippen LogP contribution in [0.5, 0.6) is 5.75 Å². The molecule has 1 saturated heterocycles. The molecule has 15 heteroatoms. The van der Waals surface area contributed by atoms with E-state index >= 15 is 0 Å². The lowest BCUT2D eigenvalue weighted by Gasteiger charge is -2.34. The molecule has 0 spiro atoms. The SMILES string of the molecule is CC(C)C[C@H]1NC(=O)c2ccccc2OCc2noc(n2)CCCCCOCCNC(=O)[C@H](Cc2cccnc2)N(C)C(=O)[C@H]2C[C@H](O)CN2C1=O. The van der Waals surface area contributed by atoms with Crippen LogP contribution in [0.4, 0.5) is 0 Å². The number of para-hydroxylation sites is 1. The number of aliphatic hydroxyl groups is 1. The molecule has 0 aliphatic carbocycles. The fourth-order valence-corrected chi connectivity index (χ4v) is 6.45. The zero-order chi connectivity index (χ0) is 37.0. The molecular formula is C37H49N7O8. The van der Waals surface area contributed by atoms with E-state index in [0.29, 0.717) is 31.3 Å². The summed E-state index contributed by atoms with van der Waals surface area (Å²) in [5, 5.41) is 20.5. The Labute approximate surface area is 303 Å². The van der Waals surface area contributed by atoms with Crippen LogP contribution >= 0.6 is 0 Å². The van der Waals surface area contributed by atoms with E-state index in [4.69, 9.17) is 14.0 Å². The number of likely N-dealkylation sites (N-methyl/N-ethyl adjacent to an activating group) is 1. The van der Waals surface area contributed by atoms with Crippen molar-refractivity contribution in [3.8, 4) is 5.75 Å². The number of aliphatic hydroxyl groups excluding tert-OH is 1. The molecule has 5 rings (SSSR count). The van der Waals surface area contributed by atoms with E-state index in [9.17, 15) is 24.3 Å². The van der Waals surface area contributed by atoms with Crippen LogP contribution in [0.25, 0.3) is 0 Å². The van der Waals surface area contributed by atoms with Gasteiger partial charge in [-0.3, -0.25) is 24.2 Å². The normalized spacial score (nSPS) is 23.4. The molecule has 2 aromatic heterocycles. The predicted molar refractivity (Wildman–Crippen MR) is 188 cm³/mol. The van der Waals surface area contributed by atoms with Gasteiger partial charge in [0.25, 0.3) is 5.91 Å². The highest BCUT2D eigenvalue weighted by molar-refractivity contribution is 6.00. The van der Waals surface area contributed by atoms with E-state index in [1.54, 1.807) is 42.7 Å². The maximum atomic E-state index is 14.3. The number of amides is 4. The summed E-state index contributed by atoms with van der Waals surface area (Å²) >= 11 is 0. The molecule has 2 aliphatic heterocycles. The second-order valence-corrected chi connectivity index (χ2v) is 13.7. The summed E-state index contributed by atoms with van der Waals surface area (Å²) in [4.78, 5) is 67.1. The number of nitrogens with one attached hydrogen (secondary N) is 2. The number of benzene rings is 1. The Bertz CT molecular complexity index is 1650. The van der Waals surface area contributed by atoms with Crippen molar-refractivity contribution in [3.05, 3.63) is 71.6 Å². The Balaban J connectivity index is 1.41. The summed E-state index contributed by atoms with van der Waals surface area (Å²) in [7, 11) is 1.53. The number of hydrogen-bond donors (Lipinski definition) is 3. The monoisotopic (exact) mass is 719 g/mol. The number of pyridine rings is 1. The van der Waals surface area contributed by atoms with Gasteiger partial charge >= 0.3 is 0 Å². The van der Waals surface area contributed by atoms with Gasteiger partial charge in [-0.25, -0.2) is 0 Å². The predicted octanol–water partition coefficient (Wildman–Crippen LogP) is 2.08. The summed E-state index contributed by atoms with van der Waals surface area (Å²) in [6.07, 6.45) is 5.81. The second-order valence-electron chi connectivity index (χ2n) is 13.7. The van der Waals surface area contributed by atoms with Crippen molar-refractivity contribution in [1.29, 1.82) is 0 Å². The topological polar surface area (TPSA) is 189 Å². The van der Waals surface area contributed by atoms with Crippen molar-refractivity contribution in [2.45, 2.75) is 89.6 Å². The zero-order valence-corrected chi connectivity index (χ0v) is 30.0. The highest BCUT2D eigenvalue weighted by atomic mass is 16.5. The van der Waals surface area contributed by atoms with Gasteiger partial charge in [-0.15, -0.1) is 0 Å². The number of hydrogen-bond acceptors (Lipinski definition) is 11. The molecule has 52 heavy (non-hydrogen) atoms. The number of fused-ring (bicyclic) bond motifs is 4. The van der Waals surface area contributed by atoms with Crippen molar-refractivity contribution >= 4 is 23.6 Å². The molecule has 3 N–H and O–H groups in total. The third kappa shape index (κ3) is 10.3. The Morgan fingerprint density at radius 2 is 1.85 bits per heavy atom. The number of aromatic nitrogens is 3. The molecule has 2 aliphatic rings. The molecule has 4 amide bonds. The smallest absolute Gasteiger partial charge is 0.255 e. The van der Waals surface area contributed by atoms with Gasteiger partial charge in [0, 0.05) is 58.4 Å². The lowest BCUT2D eigenvalue weighted by molar-refractivity contribution is -0.147. The third-order valence-corrected chi connectivity index (χ3v) is 9.15. The highest BCUT2D eigenvalue weighted by Crippen LogP contribution is 2.25. The van der Waals surface area contributed by atoms with Gasteiger partial charge in [0.05, 0.1) is 18.3 Å². The Hall–Kier alpha value is -4.89. The largest absolute Gasteiger partial charge is 0.485 e.